The Bertz CT molecular complexity index is 785. The number of anilines is 2. The number of amides is 1. The zero-order valence-corrected chi connectivity index (χ0v) is 19.1. The van der Waals surface area contributed by atoms with Gasteiger partial charge in [-0.3, -0.25) is 10.2 Å². The molecule has 31 heavy (non-hydrogen) atoms. The Balaban J connectivity index is 0.000000807. The number of nitrogen functional groups attached to an aromatic ring is 1. The monoisotopic (exact) mass is 428 g/mol. The molecule has 2 aliphatic rings. The SMILES string of the molecule is CC.CC.NNC(=O)c1cnc(NC2(c3ccc(N4CCOCC4)cc3)CCC2)nc1. The minimum absolute atomic E-state index is 0.152. The minimum atomic E-state index is -0.404. The van der Waals surface area contributed by atoms with Gasteiger partial charge in [-0.15, -0.1) is 0 Å². The molecule has 1 aliphatic heterocycles. The maximum Gasteiger partial charge on any atom is 0.268 e. The fourth-order valence-electron chi connectivity index (χ4n) is 3.64. The molecule has 4 rings (SSSR count). The van der Waals surface area contributed by atoms with Gasteiger partial charge in [-0.05, 0) is 37.0 Å². The van der Waals surface area contributed by atoms with Crippen LogP contribution >= 0.6 is 0 Å². The normalized spacial score (nSPS) is 16.5. The van der Waals surface area contributed by atoms with E-state index in [9.17, 15) is 4.79 Å². The van der Waals surface area contributed by atoms with Crippen molar-refractivity contribution in [3.63, 3.8) is 0 Å². The summed E-state index contributed by atoms with van der Waals surface area (Å²) in [4.78, 5) is 22.4. The van der Waals surface area contributed by atoms with Gasteiger partial charge in [0.2, 0.25) is 5.95 Å². The van der Waals surface area contributed by atoms with Crippen LogP contribution in [0.5, 0.6) is 0 Å². The Kier molecular flexibility index (Phi) is 9.68. The predicted octanol–water partition coefficient (Wildman–Crippen LogP) is 3.46. The highest BCUT2D eigenvalue weighted by molar-refractivity contribution is 5.93. The summed E-state index contributed by atoms with van der Waals surface area (Å²) in [7, 11) is 0. The molecule has 1 aliphatic carbocycles. The lowest BCUT2D eigenvalue weighted by molar-refractivity contribution is 0.0953. The number of hydrogen-bond donors (Lipinski definition) is 3. The van der Waals surface area contributed by atoms with Crippen LogP contribution in [0.1, 0.15) is 62.9 Å². The van der Waals surface area contributed by atoms with Crippen LogP contribution in [0, 0.1) is 0 Å². The quantitative estimate of drug-likeness (QED) is 0.380. The number of nitrogens with two attached hydrogens (primary N) is 1. The van der Waals surface area contributed by atoms with Crippen molar-refractivity contribution in [1.82, 2.24) is 15.4 Å². The number of carbonyl (C=O) groups is 1. The number of hydrazine groups is 1. The summed E-state index contributed by atoms with van der Waals surface area (Å²) >= 11 is 0. The Morgan fingerprint density at radius 1 is 1.03 bits per heavy atom. The fraction of sp³-hybridized carbons (Fsp3) is 0.522. The molecule has 0 radical (unpaired) electrons. The molecule has 8 heteroatoms. The average Bonchev–Trinajstić information content (AvgIpc) is 2.84. The van der Waals surface area contributed by atoms with Gasteiger partial charge in [-0.25, -0.2) is 15.8 Å². The van der Waals surface area contributed by atoms with Gasteiger partial charge >= 0.3 is 0 Å². The van der Waals surface area contributed by atoms with Gasteiger partial charge in [0.05, 0.1) is 24.3 Å². The first-order valence-electron chi connectivity index (χ1n) is 11.2. The smallest absolute Gasteiger partial charge is 0.268 e. The van der Waals surface area contributed by atoms with E-state index in [-0.39, 0.29) is 5.54 Å². The Morgan fingerprint density at radius 2 is 1.61 bits per heavy atom. The molecular weight excluding hydrogens is 392 g/mol. The second-order valence-electron chi connectivity index (χ2n) is 6.98. The third-order valence-corrected chi connectivity index (χ3v) is 5.40. The summed E-state index contributed by atoms with van der Waals surface area (Å²) in [5, 5.41) is 3.47. The third kappa shape index (κ3) is 5.92. The van der Waals surface area contributed by atoms with E-state index in [0.717, 1.165) is 45.6 Å². The first kappa shape index (κ1) is 24.6. The van der Waals surface area contributed by atoms with E-state index in [1.165, 1.54) is 23.6 Å². The molecule has 0 unspecified atom stereocenters. The standard InChI is InChI=1S/C19H24N6O2.2C2H6/c20-24-17(26)14-12-21-18(22-13-14)23-19(6-1-7-19)15-2-4-16(5-3-15)25-8-10-27-11-9-25;2*1-2/h2-5,12-13H,1,6-11,20H2,(H,24,26)(H,21,22,23);2*1-2H3. The number of morpholine rings is 1. The van der Waals surface area contributed by atoms with E-state index in [1.807, 2.05) is 27.7 Å². The molecule has 0 spiro atoms. The Morgan fingerprint density at radius 3 is 2.10 bits per heavy atom. The Hall–Kier alpha value is -2.71. The molecule has 0 atom stereocenters. The van der Waals surface area contributed by atoms with Crippen molar-refractivity contribution in [2.24, 2.45) is 5.84 Å². The molecule has 1 aromatic heterocycles. The molecule has 170 valence electrons. The molecule has 4 N–H and O–H groups in total. The van der Waals surface area contributed by atoms with Crippen LogP contribution in [0.3, 0.4) is 0 Å². The third-order valence-electron chi connectivity index (χ3n) is 5.40. The van der Waals surface area contributed by atoms with Gasteiger partial charge in [-0.2, -0.15) is 0 Å². The maximum atomic E-state index is 11.5. The topological polar surface area (TPSA) is 105 Å². The average molecular weight is 429 g/mol. The first-order valence-corrected chi connectivity index (χ1v) is 11.2. The largest absolute Gasteiger partial charge is 0.378 e. The minimum Gasteiger partial charge on any atom is -0.378 e. The van der Waals surface area contributed by atoms with Crippen LogP contribution in [-0.4, -0.2) is 42.2 Å². The molecule has 2 fully saturated rings. The zero-order chi connectivity index (χ0) is 22.7. The summed E-state index contributed by atoms with van der Waals surface area (Å²) in [6, 6.07) is 8.73. The van der Waals surface area contributed by atoms with E-state index in [1.54, 1.807) is 0 Å². The van der Waals surface area contributed by atoms with Crippen molar-refractivity contribution in [3.8, 4) is 0 Å². The number of nitrogens with one attached hydrogen (secondary N) is 2. The van der Waals surface area contributed by atoms with Crippen molar-refractivity contribution in [3.05, 3.63) is 47.8 Å². The van der Waals surface area contributed by atoms with Crippen LogP contribution in [0.15, 0.2) is 36.7 Å². The summed E-state index contributed by atoms with van der Waals surface area (Å²) in [5.74, 6) is 5.25. The van der Waals surface area contributed by atoms with Gasteiger partial charge in [0, 0.05) is 31.2 Å². The molecule has 2 heterocycles. The van der Waals surface area contributed by atoms with E-state index in [0.29, 0.717) is 11.5 Å². The van der Waals surface area contributed by atoms with E-state index in [2.05, 4.69) is 49.9 Å². The van der Waals surface area contributed by atoms with Gasteiger partial charge in [0.25, 0.3) is 5.91 Å². The molecule has 0 bridgehead atoms. The molecule has 1 amide bonds. The van der Waals surface area contributed by atoms with Crippen molar-refractivity contribution < 1.29 is 9.53 Å². The summed E-state index contributed by atoms with van der Waals surface area (Å²) < 4.78 is 5.42. The van der Waals surface area contributed by atoms with Gasteiger partial charge in [-0.1, -0.05) is 39.8 Å². The number of nitrogens with zero attached hydrogens (tertiary/aromatic N) is 3. The van der Waals surface area contributed by atoms with E-state index < -0.39 is 5.91 Å². The first-order chi connectivity index (χ1) is 15.2. The van der Waals surface area contributed by atoms with Crippen LogP contribution < -0.4 is 21.5 Å². The van der Waals surface area contributed by atoms with Crippen LogP contribution in [0.4, 0.5) is 11.6 Å². The van der Waals surface area contributed by atoms with E-state index in [4.69, 9.17) is 10.6 Å². The highest BCUT2D eigenvalue weighted by Gasteiger charge is 2.39. The number of carbonyl (C=O) groups excluding carboxylic acids is 1. The van der Waals surface area contributed by atoms with Crippen molar-refractivity contribution in [2.45, 2.75) is 52.5 Å². The molecule has 1 saturated carbocycles. The van der Waals surface area contributed by atoms with Crippen molar-refractivity contribution >= 4 is 17.5 Å². The maximum absolute atomic E-state index is 11.5. The fourth-order valence-corrected chi connectivity index (χ4v) is 3.64. The summed E-state index contributed by atoms with van der Waals surface area (Å²) in [6.07, 6.45) is 6.17. The van der Waals surface area contributed by atoms with Gasteiger partial charge in [0.15, 0.2) is 0 Å². The lowest BCUT2D eigenvalue weighted by Gasteiger charge is -2.43. The predicted molar refractivity (Wildman–Crippen MR) is 125 cm³/mol. The van der Waals surface area contributed by atoms with Gasteiger partial charge in [0.1, 0.15) is 0 Å². The second-order valence-corrected chi connectivity index (χ2v) is 6.98. The molecular formula is C23H36N6O2. The van der Waals surface area contributed by atoms with Crippen LogP contribution in [-0.2, 0) is 10.3 Å². The van der Waals surface area contributed by atoms with Crippen LogP contribution in [0.25, 0.3) is 0 Å². The molecule has 8 nitrogen and oxygen atoms in total. The summed E-state index contributed by atoms with van der Waals surface area (Å²) in [6.45, 7) is 11.4. The molecule has 1 saturated heterocycles. The van der Waals surface area contributed by atoms with Crippen LogP contribution in [0.2, 0.25) is 0 Å². The lowest BCUT2D eigenvalue weighted by atomic mass is 9.72. The molecule has 1 aromatic carbocycles. The summed E-state index contributed by atoms with van der Waals surface area (Å²) in [5.41, 5.74) is 4.72. The number of rotatable bonds is 5. The van der Waals surface area contributed by atoms with Gasteiger partial charge < -0.3 is 15.0 Å². The second kappa shape index (κ2) is 12.2. The Labute approximate surface area is 185 Å². The van der Waals surface area contributed by atoms with Crippen molar-refractivity contribution in [2.75, 3.05) is 36.5 Å². The number of aromatic nitrogens is 2. The lowest BCUT2D eigenvalue weighted by Crippen LogP contribution is -2.42. The number of hydrogen-bond acceptors (Lipinski definition) is 7. The zero-order valence-electron chi connectivity index (χ0n) is 19.1. The molecule has 2 aromatic rings. The highest BCUT2D eigenvalue weighted by atomic mass is 16.5. The number of ether oxygens (including phenoxy) is 1. The van der Waals surface area contributed by atoms with Crippen molar-refractivity contribution in [1.29, 1.82) is 0 Å². The highest BCUT2D eigenvalue weighted by Crippen LogP contribution is 2.43. The van der Waals surface area contributed by atoms with E-state index >= 15 is 0 Å². The number of benzene rings is 1.